The molecular formula is C21H12F4N2O2. The normalized spacial score (nSPS) is 14.0. The fourth-order valence-electron chi connectivity index (χ4n) is 3.11. The molecule has 29 heavy (non-hydrogen) atoms. The van der Waals surface area contributed by atoms with E-state index in [1.165, 1.54) is 18.3 Å². The van der Waals surface area contributed by atoms with Crippen molar-refractivity contribution in [2.75, 3.05) is 5.32 Å². The maximum atomic E-state index is 13.7. The summed E-state index contributed by atoms with van der Waals surface area (Å²) < 4.78 is 58.8. The van der Waals surface area contributed by atoms with E-state index in [2.05, 4.69) is 21.1 Å². The summed E-state index contributed by atoms with van der Waals surface area (Å²) in [6.45, 7) is 1.75. The molecule has 0 saturated heterocycles. The molecule has 0 bridgehead atoms. The van der Waals surface area contributed by atoms with Crippen LogP contribution in [-0.2, 0) is 6.42 Å². The van der Waals surface area contributed by atoms with Gasteiger partial charge in [-0.25, -0.2) is 9.37 Å². The van der Waals surface area contributed by atoms with Gasteiger partial charge in [0.2, 0.25) is 0 Å². The summed E-state index contributed by atoms with van der Waals surface area (Å²) in [7, 11) is 0. The molecule has 3 aromatic rings. The molecule has 1 amide bonds. The third kappa shape index (κ3) is 3.59. The quantitative estimate of drug-likeness (QED) is 0.648. The number of fused-ring (bicyclic) bond motifs is 1. The molecule has 0 unspecified atom stereocenters. The molecule has 2 aromatic carbocycles. The number of hydrogen-bond acceptors (Lipinski definition) is 3. The number of ether oxygens (including phenoxy) is 1. The lowest BCUT2D eigenvalue weighted by Gasteiger charge is -2.10. The van der Waals surface area contributed by atoms with E-state index in [0.29, 0.717) is 22.3 Å². The number of halogens is 4. The second-order valence-corrected chi connectivity index (χ2v) is 6.53. The predicted molar refractivity (Wildman–Crippen MR) is 95.7 cm³/mol. The molecule has 1 N–H and O–H groups in total. The third-order valence-corrected chi connectivity index (χ3v) is 4.45. The number of alkyl halides is 2. The number of nitrogens with one attached hydrogen (secondary N) is 1. The Morgan fingerprint density at radius 1 is 1.28 bits per heavy atom. The van der Waals surface area contributed by atoms with E-state index in [1.54, 1.807) is 19.1 Å². The van der Waals surface area contributed by atoms with Gasteiger partial charge in [-0.3, -0.25) is 4.79 Å². The second-order valence-electron chi connectivity index (χ2n) is 6.53. The minimum Gasteiger partial charge on any atom is -0.432 e. The van der Waals surface area contributed by atoms with E-state index in [0.717, 1.165) is 6.07 Å². The Balaban J connectivity index is 1.57. The van der Waals surface area contributed by atoms with Gasteiger partial charge in [0.25, 0.3) is 5.91 Å². The number of rotatable bonds is 3. The SMILES string of the molecule is Cc1cc2c(cc1-c1ccc(NC(=O)c3c(F)c#ccc3F)nc1)CC(F)(F)O2. The molecule has 1 aromatic heterocycles. The van der Waals surface area contributed by atoms with Gasteiger partial charge in [-0.1, -0.05) is 6.07 Å². The summed E-state index contributed by atoms with van der Waals surface area (Å²) in [5, 5.41) is 2.30. The molecule has 0 saturated carbocycles. The Bertz CT molecular complexity index is 1090. The van der Waals surface area contributed by atoms with Crippen molar-refractivity contribution >= 4 is 11.7 Å². The second kappa shape index (κ2) is 6.78. The van der Waals surface area contributed by atoms with Gasteiger partial charge in [-0.05, 0) is 48.4 Å². The van der Waals surface area contributed by atoms with Crippen molar-refractivity contribution in [2.24, 2.45) is 0 Å². The standard InChI is InChI=1S/C21H12F4N2O2/c1-11-7-17-13(9-21(24,25)29-17)8-14(11)12-5-6-18(26-10-12)27-20(28)19-15(22)3-2-4-16(19)23/h3,5-8,10H,9H2,1H3,(H,26,27,28). The van der Waals surface area contributed by atoms with Crippen LogP contribution in [0.5, 0.6) is 5.75 Å². The molecule has 0 radical (unpaired) electrons. The monoisotopic (exact) mass is 400 g/mol. The summed E-state index contributed by atoms with van der Waals surface area (Å²) in [6, 6.07) is 11.1. The average Bonchev–Trinajstić information content (AvgIpc) is 2.94. The van der Waals surface area contributed by atoms with Gasteiger partial charge in [0.05, 0.1) is 6.42 Å². The number of pyridine rings is 1. The average molecular weight is 400 g/mol. The Labute approximate surface area is 163 Å². The van der Waals surface area contributed by atoms with Crippen molar-refractivity contribution in [1.82, 2.24) is 4.98 Å². The number of benzene rings is 1. The van der Waals surface area contributed by atoms with Gasteiger partial charge >= 0.3 is 6.11 Å². The van der Waals surface area contributed by atoms with Crippen LogP contribution in [0.25, 0.3) is 11.1 Å². The third-order valence-electron chi connectivity index (χ3n) is 4.45. The fourth-order valence-corrected chi connectivity index (χ4v) is 3.11. The topological polar surface area (TPSA) is 51.2 Å². The van der Waals surface area contributed by atoms with Crippen LogP contribution in [0, 0.1) is 30.7 Å². The molecule has 0 fully saturated rings. The van der Waals surface area contributed by atoms with Gasteiger partial charge in [-0.2, -0.15) is 13.2 Å². The lowest BCUT2D eigenvalue weighted by Crippen LogP contribution is -2.20. The zero-order valence-electron chi connectivity index (χ0n) is 14.9. The van der Waals surface area contributed by atoms with Crippen LogP contribution in [-0.4, -0.2) is 17.0 Å². The van der Waals surface area contributed by atoms with Gasteiger partial charge < -0.3 is 10.1 Å². The number of aryl methyl sites for hydroxylation is 1. The van der Waals surface area contributed by atoms with E-state index < -0.39 is 35.6 Å². The van der Waals surface area contributed by atoms with Crippen LogP contribution in [0.4, 0.5) is 23.4 Å². The molecule has 0 spiro atoms. The van der Waals surface area contributed by atoms with Gasteiger partial charge in [0, 0.05) is 23.4 Å². The molecular weight excluding hydrogens is 388 g/mol. The number of aromatic nitrogens is 1. The van der Waals surface area contributed by atoms with Crippen LogP contribution in [0.2, 0.25) is 0 Å². The van der Waals surface area contributed by atoms with Gasteiger partial charge in [0.1, 0.15) is 22.9 Å². The number of carbonyl (C=O) groups excluding carboxylic acids is 1. The van der Waals surface area contributed by atoms with Crippen LogP contribution in [0.15, 0.2) is 36.5 Å². The molecule has 2 heterocycles. The highest BCUT2D eigenvalue weighted by atomic mass is 19.3. The van der Waals surface area contributed by atoms with E-state index in [1.807, 2.05) is 6.07 Å². The highest BCUT2D eigenvalue weighted by Gasteiger charge is 2.40. The van der Waals surface area contributed by atoms with Gasteiger partial charge in [-0.15, -0.1) is 0 Å². The minimum absolute atomic E-state index is 0.0686. The molecule has 1 aliphatic rings. The number of nitrogens with zero attached hydrogens (tertiary/aromatic N) is 1. The summed E-state index contributed by atoms with van der Waals surface area (Å²) in [6.07, 6.45) is -2.31. The van der Waals surface area contributed by atoms with Crippen molar-refractivity contribution in [3.63, 3.8) is 0 Å². The molecule has 0 atom stereocenters. The first-order chi connectivity index (χ1) is 13.7. The molecule has 146 valence electrons. The smallest absolute Gasteiger partial charge is 0.402 e. The Kier molecular flexibility index (Phi) is 4.38. The van der Waals surface area contributed by atoms with Crippen LogP contribution in [0.1, 0.15) is 21.5 Å². The Morgan fingerprint density at radius 3 is 2.76 bits per heavy atom. The Morgan fingerprint density at radius 2 is 2.07 bits per heavy atom. The first kappa shape index (κ1) is 18.7. The number of anilines is 1. The first-order valence-corrected chi connectivity index (χ1v) is 8.49. The molecule has 8 heteroatoms. The fraction of sp³-hybridized carbons (Fsp3) is 0.143. The van der Waals surface area contributed by atoms with Crippen molar-refractivity contribution < 1.29 is 27.1 Å². The summed E-state index contributed by atoms with van der Waals surface area (Å²) in [5.74, 6) is -3.03. The predicted octanol–water partition coefficient (Wildman–Crippen LogP) is 4.72. The van der Waals surface area contributed by atoms with Gasteiger partial charge in [0.15, 0.2) is 5.82 Å². The van der Waals surface area contributed by atoms with Crippen molar-refractivity contribution in [3.8, 4) is 16.9 Å². The van der Waals surface area contributed by atoms with E-state index in [9.17, 15) is 22.4 Å². The molecule has 4 nitrogen and oxygen atoms in total. The van der Waals surface area contributed by atoms with E-state index in [4.69, 9.17) is 0 Å². The van der Waals surface area contributed by atoms with Crippen molar-refractivity contribution in [1.29, 1.82) is 0 Å². The number of hydrogen-bond donors (Lipinski definition) is 1. The zero-order valence-corrected chi connectivity index (χ0v) is 14.9. The zero-order chi connectivity index (χ0) is 20.8. The minimum atomic E-state index is -3.23. The van der Waals surface area contributed by atoms with Crippen molar-refractivity contribution in [2.45, 2.75) is 19.5 Å². The lowest BCUT2D eigenvalue weighted by molar-refractivity contribution is -0.159. The maximum Gasteiger partial charge on any atom is 0.402 e. The van der Waals surface area contributed by atoms with Crippen LogP contribution in [0.3, 0.4) is 0 Å². The number of amides is 1. The summed E-state index contributed by atoms with van der Waals surface area (Å²) in [5.41, 5.74) is 1.61. The Hall–Kier alpha value is -3.60. The largest absolute Gasteiger partial charge is 0.432 e. The summed E-state index contributed by atoms with van der Waals surface area (Å²) in [4.78, 5) is 16.2. The van der Waals surface area contributed by atoms with E-state index in [-0.39, 0.29) is 11.6 Å². The molecule has 0 aliphatic carbocycles. The first-order valence-electron chi connectivity index (χ1n) is 8.49. The summed E-state index contributed by atoms with van der Waals surface area (Å²) >= 11 is 0. The van der Waals surface area contributed by atoms with Crippen LogP contribution < -0.4 is 10.1 Å². The van der Waals surface area contributed by atoms with E-state index >= 15 is 0 Å². The highest BCUT2D eigenvalue weighted by Crippen LogP contribution is 2.40. The highest BCUT2D eigenvalue weighted by molar-refractivity contribution is 6.04. The lowest BCUT2D eigenvalue weighted by atomic mass is 9.98. The molecule has 1 aliphatic heterocycles. The maximum absolute atomic E-state index is 13.7. The van der Waals surface area contributed by atoms with Crippen molar-refractivity contribution in [3.05, 3.63) is 77.0 Å². The van der Waals surface area contributed by atoms with Crippen LogP contribution >= 0.6 is 0 Å². The number of carbonyl (C=O) groups is 1. The molecule has 4 rings (SSSR count).